The van der Waals surface area contributed by atoms with Crippen molar-refractivity contribution in [2.45, 2.75) is 70.0 Å². The molecule has 212 valence electrons. The zero-order chi connectivity index (χ0) is 28.9. The van der Waals surface area contributed by atoms with Crippen molar-refractivity contribution in [1.29, 1.82) is 0 Å². The highest BCUT2D eigenvalue weighted by Crippen LogP contribution is 2.28. The van der Waals surface area contributed by atoms with E-state index in [2.05, 4.69) is 5.32 Å². The van der Waals surface area contributed by atoms with E-state index in [4.69, 9.17) is 11.6 Å². The van der Waals surface area contributed by atoms with Gasteiger partial charge in [-0.1, -0.05) is 72.5 Å². The number of nitrogens with one attached hydrogen (secondary N) is 1. The number of anilines is 1. The number of amides is 2. The van der Waals surface area contributed by atoms with Crippen LogP contribution in [0.3, 0.4) is 0 Å². The maximum atomic E-state index is 14.1. The highest BCUT2D eigenvalue weighted by atomic mass is 35.5. The minimum absolute atomic E-state index is 0.0798. The number of sulfonamides is 1. The lowest BCUT2D eigenvalue weighted by Gasteiger charge is -2.33. The van der Waals surface area contributed by atoms with E-state index in [1.807, 2.05) is 32.0 Å². The molecule has 1 N–H and O–H groups in total. The van der Waals surface area contributed by atoms with Gasteiger partial charge in [-0.25, -0.2) is 8.42 Å². The Hall–Kier alpha value is -3.36. The number of nitrogens with zero attached hydrogens (tertiary/aromatic N) is 2. The number of carbonyl (C=O) groups excluding carboxylic acids is 2. The molecule has 7 nitrogen and oxygen atoms in total. The fourth-order valence-electron chi connectivity index (χ4n) is 5.12. The lowest BCUT2D eigenvalue weighted by molar-refractivity contribution is -0.139. The average molecular weight is 582 g/mol. The summed E-state index contributed by atoms with van der Waals surface area (Å²) in [5.74, 6) is -0.750. The molecule has 40 heavy (non-hydrogen) atoms. The van der Waals surface area contributed by atoms with Crippen LogP contribution in [0.5, 0.6) is 0 Å². The fraction of sp³-hybridized carbons (Fsp3) is 0.355. The molecule has 1 aliphatic carbocycles. The van der Waals surface area contributed by atoms with Crippen molar-refractivity contribution in [2.24, 2.45) is 0 Å². The van der Waals surface area contributed by atoms with Crippen molar-refractivity contribution in [3.05, 3.63) is 94.5 Å². The molecule has 0 heterocycles. The molecule has 0 aromatic heterocycles. The van der Waals surface area contributed by atoms with Crippen LogP contribution in [-0.4, -0.2) is 43.8 Å². The first kappa shape index (κ1) is 29.6. The normalized spacial score (nSPS) is 14.5. The van der Waals surface area contributed by atoms with E-state index in [-0.39, 0.29) is 23.4 Å². The molecular formula is C31H36ClN3O4S. The molecule has 0 unspecified atom stereocenters. The van der Waals surface area contributed by atoms with E-state index >= 15 is 0 Å². The highest BCUT2D eigenvalue weighted by Gasteiger charge is 2.33. The average Bonchev–Trinajstić information content (AvgIpc) is 3.44. The second-order valence-corrected chi connectivity index (χ2v) is 12.7. The van der Waals surface area contributed by atoms with E-state index in [1.54, 1.807) is 49.4 Å². The molecule has 0 saturated heterocycles. The van der Waals surface area contributed by atoms with Crippen molar-refractivity contribution < 1.29 is 18.0 Å². The molecule has 0 bridgehead atoms. The Kier molecular flexibility index (Phi) is 9.53. The lowest BCUT2D eigenvalue weighted by Crippen LogP contribution is -2.52. The van der Waals surface area contributed by atoms with Gasteiger partial charge in [0.15, 0.2) is 0 Å². The van der Waals surface area contributed by atoms with Crippen LogP contribution in [0.1, 0.15) is 49.3 Å². The van der Waals surface area contributed by atoms with Gasteiger partial charge in [-0.3, -0.25) is 13.9 Å². The molecule has 2 amide bonds. The minimum atomic E-state index is -4.10. The Morgan fingerprint density at radius 2 is 1.68 bits per heavy atom. The molecule has 1 aliphatic rings. The topological polar surface area (TPSA) is 86.8 Å². The summed E-state index contributed by atoms with van der Waals surface area (Å²) in [6.07, 6.45) is 3.95. The molecule has 0 spiro atoms. The predicted molar refractivity (Wildman–Crippen MR) is 159 cm³/mol. The van der Waals surface area contributed by atoms with Crippen molar-refractivity contribution in [1.82, 2.24) is 10.2 Å². The van der Waals surface area contributed by atoms with Gasteiger partial charge in [-0.2, -0.15) is 0 Å². The van der Waals surface area contributed by atoms with E-state index < -0.39 is 28.5 Å². The standard InChI is InChI=1S/C31H36ClN3O4S/c1-22-16-17-29(23(2)18-22)35(40(38,39)28-14-5-4-6-15-28)21-30(36)34(20-25-10-9-11-26(32)19-25)24(3)31(37)33-27-12-7-8-13-27/h4-6,9-11,14-19,24,27H,7-8,12-13,20-21H2,1-3H3,(H,33,37)/t24-/m0/s1. The second-order valence-electron chi connectivity index (χ2n) is 10.4. The van der Waals surface area contributed by atoms with E-state index in [0.29, 0.717) is 10.7 Å². The Bertz CT molecular complexity index is 1460. The monoisotopic (exact) mass is 581 g/mol. The molecule has 0 radical (unpaired) electrons. The quantitative estimate of drug-likeness (QED) is 0.336. The van der Waals surface area contributed by atoms with Crippen LogP contribution in [0, 0.1) is 13.8 Å². The minimum Gasteiger partial charge on any atom is -0.352 e. The van der Waals surface area contributed by atoms with Crippen molar-refractivity contribution >= 4 is 39.1 Å². The number of hydrogen-bond donors (Lipinski definition) is 1. The summed E-state index contributed by atoms with van der Waals surface area (Å²) in [4.78, 5) is 28.9. The van der Waals surface area contributed by atoms with Crippen molar-refractivity contribution in [3.8, 4) is 0 Å². The maximum Gasteiger partial charge on any atom is 0.264 e. The molecule has 9 heteroatoms. The summed E-state index contributed by atoms with van der Waals surface area (Å²) in [5.41, 5.74) is 2.85. The third-order valence-corrected chi connectivity index (χ3v) is 9.35. The van der Waals surface area contributed by atoms with Crippen LogP contribution < -0.4 is 9.62 Å². The largest absolute Gasteiger partial charge is 0.352 e. The zero-order valence-electron chi connectivity index (χ0n) is 23.1. The van der Waals surface area contributed by atoms with Crippen LogP contribution in [0.25, 0.3) is 0 Å². The Balaban J connectivity index is 1.70. The Morgan fingerprint density at radius 3 is 2.33 bits per heavy atom. The van der Waals surface area contributed by atoms with Crippen molar-refractivity contribution in [3.63, 3.8) is 0 Å². The van der Waals surface area contributed by atoms with Gasteiger partial charge in [0, 0.05) is 17.6 Å². The SMILES string of the molecule is Cc1ccc(N(CC(=O)N(Cc2cccc(Cl)c2)[C@@H](C)C(=O)NC2CCCC2)S(=O)(=O)c2ccccc2)c(C)c1. The van der Waals surface area contributed by atoms with Gasteiger partial charge in [0.2, 0.25) is 11.8 Å². The third kappa shape index (κ3) is 7.04. The van der Waals surface area contributed by atoms with Crippen molar-refractivity contribution in [2.75, 3.05) is 10.8 Å². The first-order chi connectivity index (χ1) is 19.1. The van der Waals surface area contributed by atoms with Gasteiger partial charge >= 0.3 is 0 Å². The predicted octanol–water partition coefficient (Wildman–Crippen LogP) is 5.63. The van der Waals surface area contributed by atoms with Gasteiger partial charge in [0.05, 0.1) is 10.6 Å². The van der Waals surface area contributed by atoms with Gasteiger partial charge in [-0.15, -0.1) is 0 Å². The lowest BCUT2D eigenvalue weighted by atomic mass is 10.1. The van der Waals surface area contributed by atoms with Gasteiger partial charge in [-0.05, 0) is 75.1 Å². The summed E-state index contributed by atoms with van der Waals surface area (Å²) >= 11 is 6.22. The zero-order valence-corrected chi connectivity index (χ0v) is 24.7. The highest BCUT2D eigenvalue weighted by molar-refractivity contribution is 7.92. The molecule has 1 saturated carbocycles. The summed E-state index contributed by atoms with van der Waals surface area (Å²) < 4.78 is 29.0. The van der Waals surface area contributed by atoms with Crippen LogP contribution >= 0.6 is 11.6 Å². The van der Waals surface area contributed by atoms with E-state index in [9.17, 15) is 18.0 Å². The summed E-state index contributed by atoms with van der Waals surface area (Å²) in [7, 11) is -4.10. The van der Waals surface area contributed by atoms with Crippen LogP contribution in [0.4, 0.5) is 5.69 Å². The number of rotatable bonds is 10. The fourth-order valence-corrected chi connectivity index (χ4v) is 6.84. The molecule has 1 fully saturated rings. The molecule has 3 aromatic rings. The molecule has 4 rings (SSSR count). The van der Waals surface area contributed by atoms with Crippen LogP contribution in [-0.2, 0) is 26.2 Å². The van der Waals surface area contributed by atoms with Crippen LogP contribution in [0.2, 0.25) is 5.02 Å². The molecule has 3 aromatic carbocycles. The maximum absolute atomic E-state index is 14.1. The third-order valence-electron chi connectivity index (χ3n) is 7.34. The Morgan fingerprint density at radius 1 is 0.975 bits per heavy atom. The molecular weight excluding hydrogens is 546 g/mol. The number of benzene rings is 3. The number of halogens is 1. The Labute approximate surface area is 242 Å². The molecule has 0 aliphatic heterocycles. The van der Waals surface area contributed by atoms with E-state index in [0.717, 1.165) is 46.7 Å². The molecule has 1 atom stereocenters. The second kappa shape index (κ2) is 12.9. The first-order valence-electron chi connectivity index (χ1n) is 13.6. The number of carbonyl (C=O) groups is 2. The van der Waals surface area contributed by atoms with Gasteiger partial charge < -0.3 is 10.2 Å². The summed E-state index contributed by atoms with van der Waals surface area (Å²) in [5, 5.41) is 3.59. The van der Waals surface area contributed by atoms with Gasteiger partial charge in [0.25, 0.3) is 10.0 Å². The van der Waals surface area contributed by atoms with E-state index in [1.165, 1.54) is 17.0 Å². The van der Waals surface area contributed by atoms with Gasteiger partial charge in [0.1, 0.15) is 12.6 Å². The summed E-state index contributed by atoms with van der Waals surface area (Å²) in [6.45, 7) is 5.06. The number of hydrogen-bond acceptors (Lipinski definition) is 4. The first-order valence-corrected chi connectivity index (χ1v) is 15.4. The smallest absolute Gasteiger partial charge is 0.264 e. The van der Waals surface area contributed by atoms with Crippen LogP contribution in [0.15, 0.2) is 77.7 Å². The summed E-state index contributed by atoms with van der Waals surface area (Å²) in [6, 6.07) is 19.8. The number of aryl methyl sites for hydroxylation is 2.